The van der Waals surface area contributed by atoms with E-state index in [1.54, 1.807) is 31.5 Å². The fourth-order valence-electron chi connectivity index (χ4n) is 3.17. The summed E-state index contributed by atoms with van der Waals surface area (Å²) < 4.78 is 5.25. The van der Waals surface area contributed by atoms with Crippen LogP contribution in [0.4, 0.5) is 5.82 Å². The quantitative estimate of drug-likeness (QED) is 0.513. The van der Waals surface area contributed by atoms with Crippen molar-refractivity contribution in [2.45, 2.75) is 13.5 Å². The molecule has 0 bridgehead atoms. The van der Waals surface area contributed by atoms with Gasteiger partial charge in [-0.15, -0.1) is 0 Å². The SMILES string of the molecule is COc1ccc(CNc2nc3ccc(C(=O)O)cc3c3cncnc23)c(C)c1. The molecule has 0 saturated heterocycles. The van der Waals surface area contributed by atoms with Crippen molar-refractivity contribution in [3.8, 4) is 5.75 Å². The molecule has 0 unspecified atom stereocenters. The van der Waals surface area contributed by atoms with E-state index in [4.69, 9.17) is 4.74 Å². The topological polar surface area (TPSA) is 97.2 Å². The van der Waals surface area contributed by atoms with Crippen LogP contribution in [-0.4, -0.2) is 33.1 Å². The predicted octanol–water partition coefficient (Wildman–Crippen LogP) is 3.81. The first-order valence-electron chi connectivity index (χ1n) is 8.71. The Kier molecular flexibility index (Phi) is 4.49. The molecule has 0 aliphatic heterocycles. The standard InChI is InChI=1S/C21H18N4O3/c1-12-7-15(28-2)5-3-14(12)9-23-20-19-17(10-22-11-24-19)16-8-13(21(26)27)4-6-18(16)25-20/h3-8,10-11H,9H2,1-2H3,(H,23,25)(H,26,27). The zero-order valence-corrected chi connectivity index (χ0v) is 15.4. The molecule has 0 amide bonds. The summed E-state index contributed by atoms with van der Waals surface area (Å²) in [5, 5.41) is 14.1. The van der Waals surface area contributed by atoms with Crippen molar-refractivity contribution >= 4 is 33.6 Å². The van der Waals surface area contributed by atoms with Gasteiger partial charge in [-0.1, -0.05) is 6.07 Å². The van der Waals surface area contributed by atoms with E-state index in [9.17, 15) is 9.90 Å². The Bertz CT molecular complexity index is 1210. The summed E-state index contributed by atoms with van der Waals surface area (Å²) in [5.74, 6) is 0.463. The third kappa shape index (κ3) is 3.18. The molecule has 0 aliphatic rings. The van der Waals surface area contributed by atoms with Crippen molar-refractivity contribution in [2.75, 3.05) is 12.4 Å². The lowest BCUT2D eigenvalue weighted by Crippen LogP contribution is -2.05. The van der Waals surface area contributed by atoms with Gasteiger partial charge in [0.15, 0.2) is 5.82 Å². The number of benzene rings is 2. The lowest BCUT2D eigenvalue weighted by Gasteiger charge is -2.13. The summed E-state index contributed by atoms with van der Waals surface area (Å²) in [6, 6.07) is 10.8. The van der Waals surface area contributed by atoms with Gasteiger partial charge in [-0.3, -0.25) is 0 Å². The number of carbonyl (C=O) groups is 1. The van der Waals surface area contributed by atoms with E-state index in [2.05, 4.69) is 20.3 Å². The summed E-state index contributed by atoms with van der Waals surface area (Å²) in [4.78, 5) is 24.4. The predicted molar refractivity (Wildman–Crippen MR) is 107 cm³/mol. The van der Waals surface area contributed by atoms with Gasteiger partial charge in [-0.2, -0.15) is 0 Å². The molecule has 0 aliphatic carbocycles. The van der Waals surface area contributed by atoms with E-state index in [-0.39, 0.29) is 5.56 Å². The molecular weight excluding hydrogens is 356 g/mol. The van der Waals surface area contributed by atoms with Gasteiger partial charge in [0.1, 0.15) is 17.6 Å². The van der Waals surface area contributed by atoms with Crippen LogP contribution in [0.2, 0.25) is 0 Å². The molecule has 7 nitrogen and oxygen atoms in total. The Morgan fingerprint density at radius 3 is 2.79 bits per heavy atom. The van der Waals surface area contributed by atoms with Crippen LogP contribution in [0.25, 0.3) is 21.8 Å². The summed E-state index contributed by atoms with van der Waals surface area (Å²) in [5.41, 5.74) is 3.76. The smallest absolute Gasteiger partial charge is 0.335 e. The number of aromatic nitrogens is 3. The average Bonchev–Trinajstić information content (AvgIpc) is 2.72. The summed E-state index contributed by atoms with van der Waals surface area (Å²) >= 11 is 0. The monoisotopic (exact) mass is 374 g/mol. The molecule has 4 rings (SSSR count). The maximum atomic E-state index is 11.3. The number of rotatable bonds is 5. The number of pyridine rings is 1. The lowest BCUT2D eigenvalue weighted by molar-refractivity contribution is 0.0697. The minimum atomic E-state index is -0.982. The number of fused-ring (bicyclic) bond motifs is 3. The van der Waals surface area contributed by atoms with E-state index in [1.165, 1.54) is 6.33 Å². The lowest BCUT2D eigenvalue weighted by atomic mass is 10.1. The molecule has 2 N–H and O–H groups in total. The highest BCUT2D eigenvalue weighted by atomic mass is 16.5. The van der Waals surface area contributed by atoms with Crippen LogP contribution in [0.1, 0.15) is 21.5 Å². The Morgan fingerprint density at radius 1 is 1.18 bits per heavy atom. The fourth-order valence-corrected chi connectivity index (χ4v) is 3.17. The fraction of sp³-hybridized carbons (Fsp3) is 0.143. The second-order valence-electron chi connectivity index (χ2n) is 6.43. The van der Waals surface area contributed by atoms with Crippen molar-refractivity contribution < 1.29 is 14.6 Å². The van der Waals surface area contributed by atoms with Crippen molar-refractivity contribution in [1.29, 1.82) is 0 Å². The van der Waals surface area contributed by atoms with Gasteiger partial charge >= 0.3 is 5.97 Å². The van der Waals surface area contributed by atoms with Crippen LogP contribution in [0, 0.1) is 6.92 Å². The Labute approximate surface area is 161 Å². The molecule has 0 spiro atoms. The zero-order valence-electron chi connectivity index (χ0n) is 15.4. The minimum Gasteiger partial charge on any atom is -0.497 e. The number of anilines is 1. The van der Waals surface area contributed by atoms with Gasteiger partial charge in [0.2, 0.25) is 0 Å². The minimum absolute atomic E-state index is 0.203. The van der Waals surface area contributed by atoms with E-state index in [0.29, 0.717) is 28.8 Å². The molecule has 0 radical (unpaired) electrons. The number of carboxylic acids is 1. The van der Waals surface area contributed by atoms with Gasteiger partial charge in [0, 0.05) is 23.5 Å². The summed E-state index contributed by atoms with van der Waals surface area (Å²) in [7, 11) is 1.65. The highest BCUT2D eigenvalue weighted by molar-refractivity contribution is 6.09. The van der Waals surface area contributed by atoms with Crippen molar-refractivity contribution in [3.63, 3.8) is 0 Å². The molecule has 2 heterocycles. The maximum Gasteiger partial charge on any atom is 0.335 e. The normalized spacial score (nSPS) is 10.9. The molecule has 0 saturated carbocycles. The number of nitrogens with one attached hydrogen (secondary N) is 1. The molecule has 7 heteroatoms. The molecule has 2 aromatic heterocycles. The number of carboxylic acid groups (broad SMARTS) is 1. The van der Waals surface area contributed by atoms with E-state index in [1.807, 2.05) is 25.1 Å². The number of aromatic carboxylic acids is 1. The van der Waals surface area contributed by atoms with Gasteiger partial charge < -0.3 is 15.2 Å². The molecule has 28 heavy (non-hydrogen) atoms. The largest absolute Gasteiger partial charge is 0.497 e. The number of hydrogen-bond donors (Lipinski definition) is 2. The van der Waals surface area contributed by atoms with E-state index >= 15 is 0 Å². The number of hydrogen-bond acceptors (Lipinski definition) is 6. The number of aryl methyl sites for hydroxylation is 1. The molecule has 4 aromatic rings. The van der Waals surface area contributed by atoms with Gasteiger partial charge in [-0.05, 0) is 48.4 Å². The summed E-state index contributed by atoms with van der Waals surface area (Å²) in [6.07, 6.45) is 3.14. The Hall–Kier alpha value is -3.74. The first-order chi connectivity index (χ1) is 13.6. The van der Waals surface area contributed by atoms with Crippen molar-refractivity contribution in [1.82, 2.24) is 15.0 Å². The van der Waals surface area contributed by atoms with E-state index in [0.717, 1.165) is 22.3 Å². The second kappa shape index (κ2) is 7.11. The number of ether oxygens (including phenoxy) is 1. The molecule has 0 atom stereocenters. The van der Waals surface area contributed by atoms with E-state index < -0.39 is 5.97 Å². The molecular formula is C21H18N4O3. The summed E-state index contributed by atoms with van der Waals surface area (Å²) in [6.45, 7) is 2.60. The Balaban J connectivity index is 1.76. The highest BCUT2D eigenvalue weighted by Gasteiger charge is 2.12. The molecule has 0 fully saturated rings. The van der Waals surface area contributed by atoms with Crippen LogP contribution >= 0.6 is 0 Å². The van der Waals surface area contributed by atoms with Crippen molar-refractivity contribution in [3.05, 3.63) is 65.6 Å². The average molecular weight is 374 g/mol. The van der Waals surface area contributed by atoms with Gasteiger partial charge in [0.05, 0.1) is 18.2 Å². The van der Waals surface area contributed by atoms with Crippen LogP contribution in [0.15, 0.2) is 48.9 Å². The molecule has 140 valence electrons. The highest BCUT2D eigenvalue weighted by Crippen LogP contribution is 2.28. The zero-order chi connectivity index (χ0) is 19.7. The third-order valence-corrected chi connectivity index (χ3v) is 4.70. The number of methoxy groups -OCH3 is 1. The van der Waals surface area contributed by atoms with Crippen molar-refractivity contribution in [2.24, 2.45) is 0 Å². The van der Waals surface area contributed by atoms with Gasteiger partial charge in [-0.25, -0.2) is 19.7 Å². The van der Waals surface area contributed by atoms with Gasteiger partial charge in [0.25, 0.3) is 0 Å². The first kappa shape index (κ1) is 17.7. The molecule has 2 aromatic carbocycles. The first-order valence-corrected chi connectivity index (χ1v) is 8.71. The Morgan fingerprint density at radius 2 is 2.04 bits per heavy atom. The van der Waals surface area contributed by atoms with Crippen LogP contribution < -0.4 is 10.1 Å². The third-order valence-electron chi connectivity index (χ3n) is 4.70. The van der Waals surface area contributed by atoms with Crippen LogP contribution in [0.3, 0.4) is 0 Å². The maximum absolute atomic E-state index is 11.3. The number of nitrogens with zero attached hydrogens (tertiary/aromatic N) is 3. The van der Waals surface area contributed by atoms with Crippen LogP contribution in [0.5, 0.6) is 5.75 Å². The van der Waals surface area contributed by atoms with Crippen LogP contribution in [-0.2, 0) is 6.54 Å². The second-order valence-corrected chi connectivity index (χ2v) is 6.43.